The Bertz CT molecular complexity index is 1380. The van der Waals surface area contributed by atoms with E-state index in [9.17, 15) is 19.5 Å². The number of ether oxygens (including phenoxy) is 1. The summed E-state index contributed by atoms with van der Waals surface area (Å²) in [7, 11) is 0. The van der Waals surface area contributed by atoms with Gasteiger partial charge in [0.1, 0.15) is 28.7 Å². The molecular weight excluding hydrogens is 442 g/mol. The van der Waals surface area contributed by atoms with Crippen molar-refractivity contribution >= 4 is 39.1 Å². The van der Waals surface area contributed by atoms with Crippen LogP contribution in [0.3, 0.4) is 0 Å². The van der Waals surface area contributed by atoms with Gasteiger partial charge in [0.05, 0.1) is 10.9 Å². The van der Waals surface area contributed by atoms with Gasteiger partial charge in [0.15, 0.2) is 0 Å². The molecule has 0 aliphatic heterocycles. The lowest BCUT2D eigenvalue weighted by atomic mass is 10.2. The first-order valence-electron chi connectivity index (χ1n) is 10.2. The Morgan fingerprint density at radius 2 is 1.76 bits per heavy atom. The van der Waals surface area contributed by atoms with Crippen molar-refractivity contribution in [1.29, 1.82) is 0 Å². The molecule has 8 nitrogen and oxygen atoms in total. The molecule has 0 spiro atoms. The summed E-state index contributed by atoms with van der Waals surface area (Å²) in [6.07, 6.45) is 0. The number of carbonyl (C=O) groups is 2. The number of benzene rings is 2. The van der Waals surface area contributed by atoms with Gasteiger partial charge in [-0.15, -0.1) is 11.3 Å². The van der Waals surface area contributed by atoms with E-state index in [1.165, 1.54) is 9.95 Å². The minimum Gasteiger partial charge on any atom is -0.478 e. The van der Waals surface area contributed by atoms with E-state index in [1.807, 2.05) is 44.2 Å². The maximum absolute atomic E-state index is 13.1. The number of amides is 1. The molecule has 0 saturated heterocycles. The second-order valence-corrected chi connectivity index (χ2v) is 8.50. The molecule has 2 aromatic carbocycles. The number of para-hydroxylation sites is 1. The molecule has 4 rings (SSSR count). The molecule has 0 aliphatic carbocycles. The summed E-state index contributed by atoms with van der Waals surface area (Å²) in [6.45, 7) is 3.44. The molecule has 0 fully saturated rings. The highest BCUT2D eigenvalue weighted by atomic mass is 32.1. The maximum atomic E-state index is 13.1. The Hall–Kier alpha value is -3.98. The van der Waals surface area contributed by atoms with Gasteiger partial charge >= 0.3 is 5.97 Å². The number of rotatable bonds is 7. The van der Waals surface area contributed by atoms with Crippen LogP contribution < -0.4 is 15.6 Å². The van der Waals surface area contributed by atoms with Crippen molar-refractivity contribution in [2.24, 2.45) is 0 Å². The van der Waals surface area contributed by atoms with Gasteiger partial charge in [-0.05, 0) is 36.4 Å². The zero-order chi connectivity index (χ0) is 23.5. The van der Waals surface area contributed by atoms with Gasteiger partial charge in [0, 0.05) is 17.0 Å². The summed E-state index contributed by atoms with van der Waals surface area (Å²) in [6, 6.07) is 16.2. The SMILES string of the molecule is CC(C)c1nc2scc(C(=O)O)c2c(=O)n1CC(=O)Nc1ccc(Oc2ccccc2)cc1. The summed E-state index contributed by atoms with van der Waals surface area (Å²) in [5, 5.41) is 13.6. The minimum absolute atomic E-state index is 0.0205. The van der Waals surface area contributed by atoms with Crippen molar-refractivity contribution in [3.8, 4) is 11.5 Å². The predicted molar refractivity (Wildman–Crippen MR) is 127 cm³/mol. The zero-order valence-corrected chi connectivity index (χ0v) is 18.8. The fourth-order valence-corrected chi connectivity index (χ4v) is 4.28. The van der Waals surface area contributed by atoms with E-state index in [2.05, 4.69) is 10.3 Å². The lowest BCUT2D eigenvalue weighted by molar-refractivity contribution is -0.116. The molecule has 2 heterocycles. The molecule has 168 valence electrons. The molecule has 9 heteroatoms. The number of carbonyl (C=O) groups excluding carboxylic acids is 1. The molecule has 1 amide bonds. The third-order valence-electron chi connectivity index (χ3n) is 4.89. The third-order valence-corrected chi connectivity index (χ3v) is 5.76. The highest BCUT2D eigenvalue weighted by Gasteiger charge is 2.22. The van der Waals surface area contributed by atoms with Gasteiger partial charge in [0.2, 0.25) is 5.91 Å². The van der Waals surface area contributed by atoms with Crippen LogP contribution in [0.25, 0.3) is 10.2 Å². The first-order valence-corrected chi connectivity index (χ1v) is 11.1. The van der Waals surface area contributed by atoms with Crippen molar-refractivity contribution in [3.63, 3.8) is 0 Å². The van der Waals surface area contributed by atoms with Gasteiger partial charge in [-0.2, -0.15) is 0 Å². The van der Waals surface area contributed by atoms with E-state index in [4.69, 9.17) is 4.74 Å². The fourth-order valence-electron chi connectivity index (χ4n) is 3.37. The number of anilines is 1. The number of carboxylic acid groups (broad SMARTS) is 1. The number of hydrogen-bond donors (Lipinski definition) is 2. The largest absolute Gasteiger partial charge is 0.478 e. The van der Waals surface area contributed by atoms with Crippen LogP contribution in [0.2, 0.25) is 0 Å². The zero-order valence-electron chi connectivity index (χ0n) is 17.9. The van der Waals surface area contributed by atoms with Crippen LogP contribution >= 0.6 is 11.3 Å². The quantitative estimate of drug-likeness (QED) is 0.411. The molecular formula is C24H21N3O5S. The highest BCUT2D eigenvalue weighted by molar-refractivity contribution is 7.17. The van der Waals surface area contributed by atoms with Gasteiger partial charge in [-0.3, -0.25) is 14.2 Å². The lowest BCUT2D eigenvalue weighted by Gasteiger charge is -2.15. The van der Waals surface area contributed by atoms with Crippen molar-refractivity contribution in [2.45, 2.75) is 26.3 Å². The summed E-state index contributed by atoms with van der Waals surface area (Å²) >= 11 is 1.10. The van der Waals surface area contributed by atoms with Crippen LogP contribution in [0.5, 0.6) is 11.5 Å². The Kier molecular flexibility index (Phi) is 6.23. The second-order valence-electron chi connectivity index (χ2n) is 7.64. The summed E-state index contributed by atoms with van der Waals surface area (Å²) in [4.78, 5) is 42.2. The number of thiophene rings is 1. The number of nitrogens with zero attached hydrogens (tertiary/aromatic N) is 2. The number of aromatic nitrogens is 2. The predicted octanol–water partition coefficient (Wildman–Crippen LogP) is 4.71. The molecule has 0 radical (unpaired) electrons. The Morgan fingerprint density at radius 3 is 2.39 bits per heavy atom. The van der Waals surface area contributed by atoms with E-state index in [0.717, 1.165) is 11.3 Å². The van der Waals surface area contributed by atoms with E-state index in [-0.39, 0.29) is 23.4 Å². The second kappa shape index (κ2) is 9.25. The van der Waals surface area contributed by atoms with Crippen LogP contribution in [0.1, 0.15) is 35.9 Å². The van der Waals surface area contributed by atoms with Gasteiger partial charge < -0.3 is 15.2 Å². The topological polar surface area (TPSA) is 111 Å². The summed E-state index contributed by atoms with van der Waals surface area (Å²) < 4.78 is 6.99. The van der Waals surface area contributed by atoms with Crippen molar-refractivity contribution in [1.82, 2.24) is 9.55 Å². The van der Waals surface area contributed by atoms with Crippen molar-refractivity contribution < 1.29 is 19.4 Å². The Balaban J connectivity index is 1.55. The molecule has 0 bridgehead atoms. The monoisotopic (exact) mass is 463 g/mol. The standard InChI is InChI=1S/C24H21N3O5S/c1-14(2)21-26-22-20(18(13-33-22)24(30)31)23(29)27(21)12-19(28)25-15-8-10-17(11-9-15)32-16-6-4-3-5-7-16/h3-11,13-14H,12H2,1-2H3,(H,25,28)(H,30,31). The normalized spacial score (nSPS) is 11.0. The van der Waals surface area contributed by atoms with Crippen molar-refractivity contribution in [3.05, 3.63) is 81.7 Å². The van der Waals surface area contributed by atoms with Crippen LogP contribution in [-0.2, 0) is 11.3 Å². The molecule has 0 atom stereocenters. The van der Waals surface area contributed by atoms with Crippen LogP contribution in [-0.4, -0.2) is 26.5 Å². The average molecular weight is 464 g/mol. The van der Waals surface area contributed by atoms with Crippen molar-refractivity contribution in [2.75, 3.05) is 5.32 Å². The van der Waals surface area contributed by atoms with E-state index in [1.54, 1.807) is 24.3 Å². The van der Waals surface area contributed by atoms with Crippen LogP contribution in [0.15, 0.2) is 64.8 Å². The highest BCUT2D eigenvalue weighted by Crippen LogP contribution is 2.25. The van der Waals surface area contributed by atoms with Crippen LogP contribution in [0.4, 0.5) is 5.69 Å². The number of fused-ring (bicyclic) bond motifs is 1. The molecule has 0 unspecified atom stereocenters. The van der Waals surface area contributed by atoms with Gasteiger partial charge in [-0.25, -0.2) is 9.78 Å². The summed E-state index contributed by atoms with van der Waals surface area (Å²) in [5.41, 5.74) is -0.106. The van der Waals surface area contributed by atoms with E-state index in [0.29, 0.717) is 27.8 Å². The first kappa shape index (κ1) is 22.2. The van der Waals surface area contributed by atoms with Gasteiger partial charge in [-0.1, -0.05) is 32.0 Å². The summed E-state index contributed by atoms with van der Waals surface area (Å²) in [5.74, 6) is -0.0271. The van der Waals surface area contributed by atoms with E-state index < -0.39 is 17.4 Å². The molecule has 2 N–H and O–H groups in total. The number of hydrogen-bond acceptors (Lipinski definition) is 6. The molecule has 4 aromatic rings. The smallest absolute Gasteiger partial charge is 0.337 e. The Morgan fingerprint density at radius 1 is 1.09 bits per heavy atom. The lowest BCUT2D eigenvalue weighted by Crippen LogP contribution is -2.32. The number of nitrogens with one attached hydrogen (secondary N) is 1. The van der Waals surface area contributed by atoms with Gasteiger partial charge in [0.25, 0.3) is 5.56 Å². The van der Waals surface area contributed by atoms with Crippen LogP contribution in [0, 0.1) is 0 Å². The first-order chi connectivity index (χ1) is 15.8. The third kappa shape index (κ3) is 4.78. The molecule has 0 saturated carbocycles. The molecule has 0 aliphatic rings. The molecule has 33 heavy (non-hydrogen) atoms. The molecule has 2 aromatic heterocycles. The number of carboxylic acids is 1. The minimum atomic E-state index is -1.20. The Labute approximate surface area is 193 Å². The number of aromatic carboxylic acids is 1. The maximum Gasteiger partial charge on any atom is 0.337 e. The van der Waals surface area contributed by atoms with E-state index >= 15 is 0 Å². The average Bonchev–Trinajstić information content (AvgIpc) is 3.22. The fraction of sp³-hybridized carbons (Fsp3) is 0.167.